The molecule has 1 saturated carbocycles. The Kier molecular flexibility index (Phi) is 4.25. The predicted octanol–water partition coefficient (Wildman–Crippen LogP) is 3.37. The van der Waals surface area contributed by atoms with Crippen molar-refractivity contribution in [1.82, 2.24) is 5.32 Å². The highest BCUT2D eigenvalue weighted by molar-refractivity contribution is 5.82. The number of nitrogens with one attached hydrogen (secondary N) is 1. The Hall–Kier alpha value is -0.530. The van der Waals surface area contributed by atoms with Gasteiger partial charge in [0.2, 0.25) is 0 Å². The van der Waals surface area contributed by atoms with E-state index in [0.29, 0.717) is 6.04 Å². The van der Waals surface area contributed by atoms with Crippen molar-refractivity contribution in [3.8, 4) is 0 Å². The summed E-state index contributed by atoms with van der Waals surface area (Å²) >= 11 is 0. The van der Waals surface area contributed by atoms with Crippen LogP contribution in [-0.4, -0.2) is 18.4 Å². The Morgan fingerprint density at radius 1 is 1.12 bits per heavy atom. The summed E-state index contributed by atoms with van der Waals surface area (Å²) in [6.45, 7) is 5.78. The maximum atomic E-state index is 4.62. The third-order valence-corrected chi connectivity index (χ3v) is 4.15. The van der Waals surface area contributed by atoms with E-state index in [-0.39, 0.29) is 0 Å². The van der Waals surface area contributed by atoms with Crippen LogP contribution >= 0.6 is 0 Å². The van der Waals surface area contributed by atoms with Crippen molar-refractivity contribution in [2.24, 2.45) is 16.8 Å². The maximum absolute atomic E-state index is 4.62. The van der Waals surface area contributed by atoms with Crippen molar-refractivity contribution in [1.29, 1.82) is 0 Å². The SMILES string of the molecule is CC(C)C1CCCCC1NC1=NCCCC1. The Labute approximate surface area is 99.9 Å². The average molecular weight is 222 g/mol. The van der Waals surface area contributed by atoms with E-state index in [2.05, 4.69) is 24.2 Å². The van der Waals surface area contributed by atoms with E-state index in [1.54, 1.807) is 0 Å². The highest BCUT2D eigenvalue weighted by atomic mass is 15.0. The molecule has 1 heterocycles. The Balaban J connectivity index is 1.92. The quantitative estimate of drug-likeness (QED) is 0.761. The number of amidine groups is 1. The lowest BCUT2D eigenvalue weighted by molar-refractivity contribution is 0.223. The molecule has 0 radical (unpaired) electrons. The first-order valence-corrected chi connectivity index (χ1v) is 7.07. The molecule has 2 atom stereocenters. The van der Waals surface area contributed by atoms with Crippen molar-refractivity contribution in [3.05, 3.63) is 0 Å². The minimum atomic E-state index is 0.700. The van der Waals surface area contributed by atoms with Gasteiger partial charge in [0.05, 0.1) is 5.84 Å². The van der Waals surface area contributed by atoms with Gasteiger partial charge in [-0.15, -0.1) is 0 Å². The Morgan fingerprint density at radius 3 is 2.62 bits per heavy atom. The van der Waals surface area contributed by atoms with Gasteiger partial charge in [-0.3, -0.25) is 4.99 Å². The lowest BCUT2D eigenvalue weighted by atomic mass is 9.78. The summed E-state index contributed by atoms with van der Waals surface area (Å²) in [5.74, 6) is 2.96. The van der Waals surface area contributed by atoms with Crippen LogP contribution < -0.4 is 5.32 Å². The third-order valence-electron chi connectivity index (χ3n) is 4.15. The first kappa shape index (κ1) is 11.9. The molecule has 2 rings (SSSR count). The van der Waals surface area contributed by atoms with Crippen molar-refractivity contribution in [3.63, 3.8) is 0 Å². The van der Waals surface area contributed by atoms with E-state index >= 15 is 0 Å². The van der Waals surface area contributed by atoms with Crippen LogP contribution in [0, 0.1) is 11.8 Å². The second-order valence-corrected chi connectivity index (χ2v) is 5.73. The molecule has 92 valence electrons. The fraction of sp³-hybridized carbons (Fsp3) is 0.929. The zero-order chi connectivity index (χ0) is 11.4. The molecule has 0 bridgehead atoms. The summed E-state index contributed by atoms with van der Waals surface area (Å²) in [6.07, 6.45) is 9.36. The summed E-state index contributed by atoms with van der Waals surface area (Å²) in [4.78, 5) is 4.62. The van der Waals surface area contributed by atoms with Crippen LogP contribution in [0.5, 0.6) is 0 Å². The van der Waals surface area contributed by atoms with Crippen LogP contribution in [0.3, 0.4) is 0 Å². The molecular weight excluding hydrogens is 196 g/mol. The Morgan fingerprint density at radius 2 is 1.94 bits per heavy atom. The van der Waals surface area contributed by atoms with Gasteiger partial charge >= 0.3 is 0 Å². The van der Waals surface area contributed by atoms with Crippen LogP contribution in [-0.2, 0) is 0 Å². The summed E-state index contributed by atoms with van der Waals surface area (Å²) in [5, 5.41) is 3.74. The first-order chi connectivity index (χ1) is 7.77. The molecule has 2 unspecified atom stereocenters. The summed E-state index contributed by atoms with van der Waals surface area (Å²) in [5.41, 5.74) is 0. The van der Waals surface area contributed by atoms with E-state index < -0.39 is 0 Å². The molecule has 0 saturated heterocycles. The minimum absolute atomic E-state index is 0.700. The van der Waals surface area contributed by atoms with E-state index in [0.717, 1.165) is 18.4 Å². The molecule has 0 amide bonds. The maximum Gasteiger partial charge on any atom is 0.0965 e. The number of nitrogens with zero attached hydrogens (tertiary/aromatic N) is 1. The molecule has 1 aliphatic heterocycles. The van der Waals surface area contributed by atoms with Crippen LogP contribution in [0.1, 0.15) is 58.8 Å². The highest BCUT2D eigenvalue weighted by Gasteiger charge is 2.28. The number of hydrogen-bond donors (Lipinski definition) is 1. The number of aliphatic imine (C=N–C) groups is 1. The second-order valence-electron chi connectivity index (χ2n) is 5.73. The number of hydrogen-bond acceptors (Lipinski definition) is 2. The van der Waals surface area contributed by atoms with Crippen molar-refractivity contribution >= 4 is 5.84 Å². The lowest BCUT2D eigenvalue weighted by Gasteiger charge is -2.36. The van der Waals surface area contributed by atoms with Crippen LogP contribution in [0.15, 0.2) is 4.99 Å². The molecule has 2 nitrogen and oxygen atoms in total. The highest BCUT2D eigenvalue weighted by Crippen LogP contribution is 2.30. The van der Waals surface area contributed by atoms with E-state index in [4.69, 9.17) is 0 Å². The minimum Gasteiger partial charge on any atom is -0.371 e. The molecule has 2 heteroatoms. The number of rotatable bonds is 2. The zero-order valence-corrected chi connectivity index (χ0v) is 10.8. The van der Waals surface area contributed by atoms with Gasteiger partial charge in [-0.25, -0.2) is 0 Å². The average Bonchev–Trinajstić information content (AvgIpc) is 2.31. The molecule has 1 aliphatic carbocycles. The van der Waals surface area contributed by atoms with Crippen LogP contribution in [0.4, 0.5) is 0 Å². The summed E-state index contributed by atoms with van der Waals surface area (Å²) in [7, 11) is 0. The largest absolute Gasteiger partial charge is 0.371 e. The normalized spacial score (nSPS) is 31.3. The van der Waals surface area contributed by atoms with Crippen molar-refractivity contribution in [2.45, 2.75) is 64.8 Å². The molecule has 16 heavy (non-hydrogen) atoms. The molecule has 0 aromatic rings. The van der Waals surface area contributed by atoms with Gasteiger partial charge in [0.25, 0.3) is 0 Å². The van der Waals surface area contributed by atoms with E-state index in [9.17, 15) is 0 Å². The Bertz CT molecular complexity index is 245. The van der Waals surface area contributed by atoms with Gasteiger partial charge in [0.15, 0.2) is 0 Å². The second kappa shape index (κ2) is 5.70. The fourth-order valence-corrected chi connectivity index (χ4v) is 3.17. The smallest absolute Gasteiger partial charge is 0.0965 e. The van der Waals surface area contributed by atoms with Crippen LogP contribution in [0.25, 0.3) is 0 Å². The van der Waals surface area contributed by atoms with Crippen LogP contribution in [0.2, 0.25) is 0 Å². The summed E-state index contributed by atoms with van der Waals surface area (Å²) in [6, 6.07) is 0.700. The predicted molar refractivity (Wildman–Crippen MR) is 69.9 cm³/mol. The van der Waals surface area contributed by atoms with Gasteiger partial charge in [-0.2, -0.15) is 0 Å². The van der Waals surface area contributed by atoms with Gasteiger partial charge in [-0.05, 0) is 37.5 Å². The molecular formula is C14H26N2. The molecule has 0 aromatic carbocycles. The monoisotopic (exact) mass is 222 g/mol. The van der Waals surface area contributed by atoms with E-state index in [1.165, 1.54) is 50.8 Å². The topological polar surface area (TPSA) is 24.4 Å². The van der Waals surface area contributed by atoms with Crippen molar-refractivity contribution < 1.29 is 0 Å². The zero-order valence-electron chi connectivity index (χ0n) is 10.8. The standard InChI is InChI=1S/C14H26N2/c1-11(2)12-7-3-4-8-13(12)16-14-9-5-6-10-15-14/h11-13H,3-10H2,1-2H3,(H,15,16). The van der Waals surface area contributed by atoms with Gasteiger partial charge in [0, 0.05) is 19.0 Å². The lowest BCUT2D eigenvalue weighted by Crippen LogP contribution is -2.44. The van der Waals surface area contributed by atoms with Crippen molar-refractivity contribution in [2.75, 3.05) is 6.54 Å². The molecule has 1 fully saturated rings. The van der Waals surface area contributed by atoms with Gasteiger partial charge in [0.1, 0.15) is 0 Å². The molecule has 1 N–H and O–H groups in total. The van der Waals surface area contributed by atoms with Gasteiger partial charge in [-0.1, -0.05) is 26.7 Å². The molecule has 0 spiro atoms. The first-order valence-electron chi connectivity index (χ1n) is 7.07. The molecule has 2 aliphatic rings. The third kappa shape index (κ3) is 2.99. The fourth-order valence-electron chi connectivity index (χ4n) is 3.17. The van der Waals surface area contributed by atoms with Gasteiger partial charge < -0.3 is 5.32 Å². The molecule has 0 aromatic heterocycles. The van der Waals surface area contributed by atoms with E-state index in [1.807, 2.05) is 0 Å². The summed E-state index contributed by atoms with van der Waals surface area (Å²) < 4.78 is 0.